The second kappa shape index (κ2) is 4.56. The zero-order chi connectivity index (χ0) is 13.3. The predicted molar refractivity (Wildman–Crippen MR) is 63.2 cm³/mol. The Morgan fingerprint density at radius 2 is 1.94 bits per heavy atom. The largest absolute Gasteiger partial charge is 0.493 e. The Hall–Kier alpha value is -2.24. The van der Waals surface area contributed by atoms with E-state index in [1.165, 1.54) is 14.2 Å². The van der Waals surface area contributed by atoms with Crippen LogP contribution in [0, 0.1) is 0 Å². The lowest BCUT2D eigenvalue weighted by Gasteiger charge is -2.24. The van der Waals surface area contributed by atoms with Crippen molar-refractivity contribution < 1.29 is 24.2 Å². The highest BCUT2D eigenvalue weighted by atomic mass is 16.5. The summed E-state index contributed by atoms with van der Waals surface area (Å²) in [6.45, 7) is 0. The molecule has 1 aliphatic heterocycles. The van der Waals surface area contributed by atoms with Crippen LogP contribution in [0.2, 0.25) is 0 Å². The minimum absolute atomic E-state index is 0.0716. The summed E-state index contributed by atoms with van der Waals surface area (Å²) in [6, 6.07) is 3.16. The maximum atomic E-state index is 11.4. The normalized spacial score (nSPS) is 17.7. The number of hydrogen-bond donors (Lipinski definition) is 2. The Morgan fingerprint density at radius 3 is 2.50 bits per heavy atom. The van der Waals surface area contributed by atoms with Crippen molar-refractivity contribution in [3.8, 4) is 11.5 Å². The summed E-state index contributed by atoms with van der Waals surface area (Å²) in [5.74, 6) is -1.31. The molecule has 0 aliphatic carbocycles. The van der Waals surface area contributed by atoms with E-state index in [2.05, 4.69) is 5.32 Å². The van der Waals surface area contributed by atoms with Crippen LogP contribution in [0.3, 0.4) is 0 Å². The van der Waals surface area contributed by atoms with Gasteiger partial charge in [0.05, 0.1) is 20.1 Å². The van der Waals surface area contributed by atoms with E-state index in [0.29, 0.717) is 22.7 Å². The van der Waals surface area contributed by atoms with Crippen molar-refractivity contribution in [2.45, 2.75) is 12.3 Å². The molecule has 0 spiro atoms. The van der Waals surface area contributed by atoms with Gasteiger partial charge in [-0.1, -0.05) is 0 Å². The quantitative estimate of drug-likeness (QED) is 0.843. The lowest BCUT2D eigenvalue weighted by Crippen LogP contribution is -2.27. The highest BCUT2D eigenvalue weighted by Crippen LogP contribution is 2.40. The fourth-order valence-corrected chi connectivity index (χ4v) is 2.01. The van der Waals surface area contributed by atoms with Crippen LogP contribution in [0.1, 0.15) is 17.9 Å². The molecule has 1 unspecified atom stereocenters. The van der Waals surface area contributed by atoms with Gasteiger partial charge in [0.25, 0.3) is 0 Å². The summed E-state index contributed by atoms with van der Waals surface area (Å²) < 4.78 is 10.2. The van der Waals surface area contributed by atoms with Crippen LogP contribution in [-0.2, 0) is 9.59 Å². The third-order valence-electron chi connectivity index (χ3n) is 2.89. The molecule has 0 bridgehead atoms. The fraction of sp³-hybridized carbons (Fsp3) is 0.333. The number of ether oxygens (including phenoxy) is 2. The summed E-state index contributed by atoms with van der Waals surface area (Å²) in [4.78, 5) is 22.6. The first-order valence-electron chi connectivity index (χ1n) is 5.35. The summed E-state index contributed by atoms with van der Waals surface area (Å²) in [5, 5.41) is 11.8. The Kier molecular flexibility index (Phi) is 3.10. The van der Waals surface area contributed by atoms with Gasteiger partial charge in [-0.05, 0) is 11.6 Å². The van der Waals surface area contributed by atoms with E-state index in [1.54, 1.807) is 12.1 Å². The molecule has 0 saturated heterocycles. The van der Waals surface area contributed by atoms with Gasteiger partial charge in [-0.2, -0.15) is 0 Å². The molecule has 18 heavy (non-hydrogen) atoms. The van der Waals surface area contributed by atoms with Gasteiger partial charge in [0.2, 0.25) is 5.91 Å². The molecule has 1 heterocycles. The smallest absolute Gasteiger partial charge is 0.311 e. The van der Waals surface area contributed by atoms with Crippen LogP contribution < -0.4 is 14.8 Å². The standard InChI is InChI=1S/C12H13NO5/c1-17-9-3-6-7(12(15)16)4-11(14)13-8(6)5-10(9)18-2/h3,5,7H,4H2,1-2H3,(H,13,14)(H,15,16). The molecule has 2 rings (SSSR count). The number of amides is 1. The molecule has 6 nitrogen and oxygen atoms in total. The van der Waals surface area contributed by atoms with E-state index in [1.807, 2.05) is 0 Å². The Labute approximate surface area is 104 Å². The van der Waals surface area contributed by atoms with Crippen molar-refractivity contribution >= 4 is 17.6 Å². The van der Waals surface area contributed by atoms with Crippen LogP contribution in [0.4, 0.5) is 5.69 Å². The number of fused-ring (bicyclic) bond motifs is 1. The van der Waals surface area contributed by atoms with Crippen LogP contribution in [-0.4, -0.2) is 31.2 Å². The van der Waals surface area contributed by atoms with Crippen LogP contribution >= 0.6 is 0 Å². The molecule has 1 aliphatic rings. The van der Waals surface area contributed by atoms with E-state index in [4.69, 9.17) is 14.6 Å². The number of rotatable bonds is 3. The summed E-state index contributed by atoms with van der Waals surface area (Å²) >= 11 is 0. The molecular formula is C12H13NO5. The van der Waals surface area contributed by atoms with Crippen LogP contribution in [0.5, 0.6) is 11.5 Å². The lowest BCUT2D eigenvalue weighted by molar-refractivity contribution is -0.140. The number of carboxylic acid groups (broad SMARTS) is 1. The number of carboxylic acids is 1. The molecule has 1 atom stereocenters. The van der Waals surface area contributed by atoms with Crippen molar-refractivity contribution in [3.05, 3.63) is 17.7 Å². The fourth-order valence-electron chi connectivity index (χ4n) is 2.01. The van der Waals surface area contributed by atoms with Gasteiger partial charge < -0.3 is 19.9 Å². The average molecular weight is 251 g/mol. The number of aliphatic carboxylic acids is 1. The van der Waals surface area contributed by atoms with E-state index in [-0.39, 0.29) is 12.3 Å². The molecular weight excluding hydrogens is 238 g/mol. The van der Waals surface area contributed by atoms with Crippen LogP contribution in [0.15, 0.2) is 12.1 Å². The highest BCUT2D eigenvalue weighted by molar-refractivity contribution is 6.00. The Morgan fingerprint density at radius 1 is 1.33 bits per heavy atom. The number of carbonyl (C=O) groups is 2. The lowest BCUT2D eigenvalue weighted by atomic mass is 9.90. The number of anilines is 1. The molecule has 96 valence electrons. The zero-order valence-corrected chi connectivity index (χ0v) is 10.0. The molecule has 0 aromatic heterocycles. The van der Waals surface area contributed by atoms with Gasteiger partial charge in [0.1, 0.15) is 0 Å². The van der Waals surface area contributed by atoms with Gasteiger partial charge in [-0.3, -0.25) is 9.59 Å². The van der Waals surface area contributed by atoms with Gasteiger partial charge >= 0.3 is 5.97 Å². The van der Waals surface area contributed by atoms with Gasteiger partial charge in [-0.25, -0.2) is 0 Å². The first kappa shape index (κ1) is 12.2. The van der Waals surface area contributed by atoms with Gasteiger partial charge in [0, 0.05) is 18.2 Å². The van der Waals surface area contributed by atoms with E-state index in [9.17, 15) is 9.59 Å². The van der Waals surface area contributed by atoms with Gasteiger partial charge in [0.15, 0.2) is 11.5 Å². The number of methoxy groups -OCH3 is 2. The molecule has 2 N–H and O–H groups in total. The highest BCUT2D eigenvalue weighted by Gasteiger charge is 2.31. The van der Waals surface area contributed by atoms with E-state index in [0.717, 1.165) is 0 Å². The number of hydrogen-bond acceptors (Lipinski definition) is 4. The molecule has 1 aromatic carbocycles. The third kappa shape index (κ3) is 1.97. The molecule has 1 aromatic rings. The first-order valence-corrected chi connectivity index (χ1v) is 5.35. The Bertz CT molecular complexity index is 511. The summed E-state index contributed by atoms with van der Waals surface area (Å²) in [6.07, 6.45) is -0.0716. The second-order valence-electron chi connectivity index (χ2n) is 3.94. The number of carbonyl (C=O) groups excluding carboxylic acids is 1. The second-order valence-corrected chi connectivity index (χ2v) is 3.94. The zero-order valence-electron chi connectivity index (χ0n) is 10.0. The summed E-state index contributed by atoms with van der Waals surface area (Å²) in [5.41, 5.74) is 0.982. The topological polar surface area (TPSA) is 84.9 Å². The Balaban J connectivity index is 2.56. The maximum Gasteiger partial charge on any atom is 0.311 e. The van der Waals surface area contributed by atoms with Crippen molar-refractivity contribution in [1.82, 2.24) is 0 Å². The first-order chi connectivity index (χ1) is 8.56. The van der Waals surface area contributed by atoms with Crippen molar-refractivity contribution in [3.63, 3.8) is 0 Å². The minimum atomic E-state index is -1.03. The van der Waals surface area contributed by atoms with E-state index >= 15 is 0 Å². The summed E-state index contributed by atoms with van der Waals surface area (Å²) in [7, 11) is 2.95. The monoisotopic (exact) mass is 251 g/mol. The minimum Gasteiger partial charge on any atom is -0.493 e. The third-order valence-corrected chi connectivity index (χ3v) is 2.89. The molecule has 0 radical (unpaired) electrons. The SMILES string of the molecule is COc1cc2c(cc1OC)C(C(=O)O)CC(=O)N2. The molecule has 0 saturated carbocycles. The average Bonchev–Trinajstić information content (AvgIpc) is 2.35. The molecule has 1 amide bonds. The van der Waals surface area contributed by atoms with Crippen molar-refractivity contribution in [2.75, 3.05) is 19.5 Å². The van der Waals surface area contributed by atoms with E-state index < -0.39 is 11.9 Å². The molecule has 6 heteroatoms. The predicted octanol–water partition coefficient (Wildman–Crippen LogP) is 1.21. The van der Waals surface area contributed by atoms with Gasteiger partial charge in [-0.15, -0.1) is 0 Å². The van der Waals surface area contributed by atoms with Crippen molar-refractivity contribution in [2.24, 2.45) is 0 Å². The number of benzene rings is 1. The van der Waals surface area contributed by atoms with Crippen LogP contribution in [0.25, 0.3) is 0 Å². The number of nitrogens with one attached hydrogen (secondary N) is 1. The maximum absolute atomic E-state index is 11.4. The molecule has 0 fully saturated rings. The van der Waals surface area contributed by atoms with Crippen molar-refractivity contribution in [1.29, 1.82) is 0 Å².